The van der Waals surface area contributed by atoms with Gasteiger partial charge < -0.3 is 10.1 Å². The van der Waals surface area contributed by atoms with E-state index in [-0.39, 0.29) is 5.91 Å². The summed E-state index contributed by atoms with van der Waals surface area (Å²) in [5, 5.41) is 10.7. The van der Waals surface area contributed by atoms with Crippen LogP contribution in [0.5, 0.6) is 5.75 Å². The highest BCUT2D eigenvalue weighted by Gasteiger charge is 2.10. The van der Waals surface area contributed by atoms with Gasteiger partial charge in [-0.1, -0.05) is 25.0 Å². The molecular formula is C15H20N4O2. The molecule has 112 valence electrons. The number of methoxy groups -OCH3 is 1. The lowest BCUT2D eigenvalue weighted by Gasteiger charge is -2.02. The summed E-state index contributed by atoms with van der Waals surface area (Å²) in [6, 6.07) is 7.38. The van der Waals surface area contributed by atoms with Gasteiger partial charge in [-0.2, -0.15) is 0 Å². The van der Waals surface area contributed by atoms with E-state index in [2.05, 4.69) is 22.6 Å². The van der Waals surface area contributed by atoms with Crippen molar-refractivity contribution in [3.63, 3.8) is 0 Å². The highest BCUT2D eigenvalue weighted by molar-refractivity contribution is 5.91. The van der Waals surface area contributed by atoms with Gasteiger partial charge in [0.1, 0.15) is 5.75 Å². The van der Waals surface area contributed by atoms with Crippen molar-refractivity contribution < 1.29 is 9.53 Å². The van der Waals surface area contributed by atoms with Crippen LogP contribution in [0, 0.1) is 0 Å². The van der Waals surface area contributed by atoms with Gasteiger partial charge >= 0.3 is 0 Å². The van der Waals surface area contributed by atoms with Crippen molar-refractivity contribution >= 4 is 5.91 Å². The fraction of sp³-hybridized carbons (Fsp3) is 0.400. The van der Waals surface area contributed by atoms with Crippen molar-refractivity contribution in [1.82, 2.24) is 20.3 Å². The van der Waals surface area contributed by atoms with Crippen LogP contribution in [0.2, 0.25) is 0 Å². The standard InChI is InChI=1S/C15H20N4O2/c1-3-4-5-10-16-15(20)14-11-19(18-17-14)12-6-8-13(21-2)9-7-12/h6-9,11H,3-5,10H2,1-2H3,(H,16,20). The van der Waals surface area contributed by atoms with Crippen LogP contribution < -0.4 is 10.1 Å². The normalized spacial score (nSPS) is 10.4. The lowest BCUT2D eigenvalue weighted by Crippen LogP contribution is -2.24. The van der Waals surface area contributed by atoms with Crippen LogP contribution in [0.15, 0.2) is 30.5 Å². The number of unbranched alkanes of at least 4 members (excludes halogenated alkanes) is 2. The maximum Gasteiger partial charge on any atom is 0.273 e. The average molecular weight is 288 g/mol. The number of hydrogen-bond acceptors (Lipinski definition) is 4. The molecule has 0 unspecified atom stereocenters. The summed E-state index contributed by atoms with van der Waals surface area (Å²) in [5.74, 6) is 0.582. The molecule has 0 saturated carbocycles. The third-order valence-corrected chi connectivity index (χ3v) is 3.13. The van der Waals surface area contributed by atoms with Crippen LogP contribution in [0.4, 0.5) is 0 Å². The van der Waals surface area contributed by atoms with Crippen LogP contribution >= 0.6 is 0 Å². The summed E-state index contributed by atoms with van der Waals surface area (Å²) in [6.45, 7) is 2.80. The quantitative estimate of drug-likeness (QED) is 0.793. The van der Waals surface area contributed by atoms with Crippen LogP contribution in [-0.2, 0) is 0 Å². The predicted molar refractivity (Wildman–Crippen MR) is 79.8 cm³/mol. The number of nitrogens with zero attached hydrogens (tertiary/aromatic N) is 3. The van der Waals surface area contributed by atoms with Crippen molar-refractivity contribution in [2.45, 2.75) is 26.2 Å². The Morgan fingerprint density at radius 1 is 1.29 bits per heavy atom. The Bertz CT molecular complexity index is 578. The Morgan fingerprint density at radius 2 is 2.05 bits per heavy atom. The number of aromatic nitrogens is 3. The molecule has 0 fully saturated rings. The van der Waals surface area contributed by atoms with E-state index in [1.165, 1.54) is 0 Å². The molecule has 1 aromatic carbocycles. The number of benzene rings is 1. The first-order chi connectivity index (χ1) is 10.2. The fourth-order valence-corrected chi connectivity index (χ4v) is 1.90. The van der Waals surface area contributed by atoms with Crippen molar-refractivity contribution in [3.8, 4) is 11.4 Å². The highest BCUT2D eigenvalue weighted by atomic mass is 16.5. The lowest BCUT2D eigenvalue weighted by atomic mass is 10.2. The minimum atomic E-state index is -0.189. The van der Waals surface area contributed by atoms with Crippen LogP contribution in [0.3, 0.4) is 0 Å². The molecule has 6 nitrogen and oxygen atoms in total. The molecule has 0 radical (unpaired) electrons. The van der Waals surface area contributed by atoms with Crippen molar-refractivity contribution in [1.29, 1.82) is 0 Å². The number of rotatable bonds is 7. The lowest BCUT2D eigenvalue weighted by molar-refractivity contribution is 0.0948. The van der Waals surface area contributed by atoms with E-state index in [0.717, 1.165) is 30.7 Å². The Hall–Kier alpha value is -2.37. The van der Waals surface area contributed by atoms with Crippen LogP contribution in [0.1, 0.15) is 36.7 Å². The Balaban J connectivity index is 1.98. The van der Waals surface area contributed by atoms with E-state index < -0.39 is 0 Å². The second kappa shape index (κ2) is 7.42. The van der Waals surface area contributed by atoms with E-state index >= 15 is 0 Å². The third kappa shape index (κ3) is 4.05. The van der Waals surface area contributed by atoms with Gasteiger partial charge in [-0.05, 0) is 30.7 Å². The number of amides is 1. The van der Waals surface area contributed by atoms with Gasteiger partial charge in [-0.25, -0.2) is 4.68 Å². The topological polar surface area (TPSA) is 69.0 Å². The maximum absolute atomic E-state index is 11.9. The van der Waals surface area contributed by atoms with Gasteiger partial charge in [0.15, 0.2) is 5.69 Å². The van der Waals surface area contributed by atoms with E-state index in [1.54, 1.807) is 18.0 Å². The summed E-state index contributed by atoms with van der Waals surface area (Å²) >= 11 is 0. The molecule has 1 amide bonds. The fourth-order valence-electron chi connectivity index (χ4n) is 1.90. The molecule has 2 aromatic rings. The summed E-state index contributed by atoms with van der Waals surface area (Å²) in [6.07, 6.45) is 4.84. The smallest absolute Gasteiger partial charge is 0.273 e. The first kappa shape index (κ1) is 15.0. The van der Waals surface area contributed by atoms with Gasteiger partial charge in [-0.3, -0.25) is 4.79 Å². The van der Waals surface area contributed by atoms with Crippen molar-refractivity contribution in [2.24, 2.45) is 0 Å². The van der Waals surface area contributed by atoms with Crippen molar-refractivity contribution in [3.05, 3.63) is 36.2 Å². The minimum absolute atomic E-state index is 0.189. The molecular weight excluding hydrogens is 268 g/mol. The first-order valence-electron chi connectivity index (χ1n) is 7.09. The molecule has 0 aliphatic carbocycles. The second-order valence-electron chi connectivity index (χ2n) is 4.71. The van der Waals surface area contributed by atoms with Gasteiger partial charge in [0.25, 0.3) is 5.91 Å². The number of carbonyl (C=O) groups excluding carboxylic acids is 1. The molecule has 21 heavy (non-hydrogen) atoms. The Kier molecular flexibility index (Phi) is 5.31. The van der Waals surface area contributed by atoms with E-state index in [4.69, 9.17) is 4.74 Å². The zero-order valence-corrected chi connectivity index (χ0v) is 12.4. The molecule has 0 bridgehead atoms. The van der Waals surface area contributed by atoms with Gasteiger partial charge in [0.05, 0.1) is 19.0 Å². The minimum Gasteiger partial charge on any atom is -0.497 e. The molecule has 0 atom stereocenters. The zero-order chi connectivity index (χ0) is 15.1. The van der Waals surface area contributed by atoms with E-state index in [0.29, 0.717) is 12.2 Å². The summed E-state index contributed by atoms with van der Waals surface area (Å²) < 4.78 is 6.67. The average Bonchev–Trinajstić information content (AvgIpc) is 3.01. The highest BCUT2D eigenvalue weighted by Crippen LogP contribution is 2.14. The van der Waals surface area contributed by atoms with Gasteiger partial charge in [-0.15, -0.1) is 5.10 Å². The number of hydrogen-bond donors (Lipinski definition) is 1. The third-order valence-electron chi connectivity index (χ3n) is 3.13. The monoisotopic (exact) mass is 288 g/mol. The molecule has 0 saturated heterocycles. The number of ether oxygens (including phenoxy) is 1. The van der Waals surface area contributed by atoms with Crippen LogP contribution in [-0.4, -0.2) is 34.6 Å². The predicted octanol–water partition coefficient (Wildman–Crippen LogP) is 2.20. The second-order valence-corrected chi connectivity index (χ2v) is 4.71. The molecule has 0 spiro atoms. The summed E-state index contributed by atoms with van der Waals surface area (Å²) in [4.78, 5) is 11.9. The molecule has 2 rings (SSSR count). The molecule has 1 heterocycles. The first-order valence-corrected chi connectivity index (χ1v) is 7.09. The van der Waals surface area contributed by atoms with Crippen molar-refractivity contribution in [2.75, 3.05) is 13.7 Å². The van der Waals surface area contributed by atoms with E-state index in [1.807, 2.05) is 24.3 Å². The Morgan fingerprint density at radius 3 is 2.71 bits per heavy atom. The SMILES string of the molecule is CCCCCNC(=O)c1cn(-c2ccc(OC)cc2)nn1. The largest absolute Gasteiger partial charge is 0.497 e. The van der Waals surface area contributed by atoms with Crippen LogP contribution in [0.25, 0.3) is 5.69 Å². The maximum atomic E-state index is 11.9. The Labute approximate surface area is 124 Å². The number of carbonyl (C=O) groups is 1. The zero-order valence-electron chi connectivity index (χ0n) is 12.4. The molecule has 0 aliphatic rings. The van der Waals surface area contributed by atoms with E-state index in [9.17, 15) is 4.79 Å². The number of nitrogens with one attached hydrogen (secondary N) is 1. The molecule has 6 heteroatoms. The molecule has 1 aromatic heterocycles. The summed E-state index contributed by atoms with van der Waals surface area (Å²) in [7, 11) is 1.62. The van der Waals surface area contributed by atoms with Gasteiger partial charge in [0, 0.05) is 6.54 Å². The summed E-state index contributed by atoms with van der Waals surface area (Å²) in [5.41, 5.74) is 1.15. The van der Waals surface area contributed by atoms with Gasteiger partial charge in [0.2, 0.25) is 0 Å². The molecule has 0 aliphatic heterocycles. The molecule has 1 N–H and O–H groups in total.